The number of hydrogen-bond acceptors (Lipinski definition) is 3. The van der Waals surface area contributed by atoms with E-state index in [4.69, 9.17) is 0 Å². The lowest BCUT2D eigenvalue weighted by Crippen LogP contribution is -2.53. The van der Waals surface area contributed by atoms with Gasteiger partial charge in [0, 0.05) is 19.2 Å². The predicted octanol–water partition coefficient (Wildman–Crippen LogP) is 2.90. The smallest absolute Gasteiger partial charge is 0.389 e. The van der Waals surface area contributed by atoms with E-state index < -0.39 is 30.8 Å². The Bertz CT molecular complexity index is 734. The number of alkyl halides is 3. The molecular weight excluding hydrogens is 357 g/mol. The van der Waals surface area contributed by atoms with Crippen molar-refractivity contribution in [2.45, 2.75) is 24.9 Å². The molecule has 0 aliphatic carbocycles. The summed E-state index contributed by atoms with van der Waals surface area (Å²) >= 11 is 0. The largest absolute Gasteiger partial charge is 0.406 e. The van der Waals surface area contributed by atoms with Crippen molar-refractivity contribution in [3.05, 3.63) is 77.9 Å². The van der Waals surface area contributed by atoms with Gasteiger partial charge in [0.05, 0.1) is 6.10 Å². The highest BCUT2D eigenvalue weighted by atomic mass is 19.4. The SMILES string of the molecule is O=C(/C=C/c1ccccc1)NC[C@H](O)[C@@H](NCc1ccccc1)C(F)(F)F. The van der Waals surface area contributed by atoms with Gasteiger partial charge in [0.1, 0.15) is 6.04 Å². The number of carbonyl (C=O) groups excluding carboxylic acids is 1. The third-order valence-corrected chi connectivity index (χ3v) is 3.82. The summed E-state index contributed by atoms with van der Waals surface area (Å²) < 4.78 is 39.7. The Balaban J connectivity index is 1.88. The molecule has 0 bridgehead atoms. The average molecular weight is 378 g/mol. The van der Waals surface area contributed by atoms with Gasteiger partial charge in [-0.05, 0) is 17.2 Å². The highest BCUT2D eigenvalue weighted by molar-refractivity contribution is 5.91. The second-order valence-corrected chi connectivity index (χ2v) is 5.94. The first-order chi connectivity index (χ1) is 12.9. The monoisotopic (exact) mass is 378 g/mol. The lowest BCUT2D eigenvalue weighted by atomic mass is 10.1. The summed E-state index contributed by atoms with van der Waals surface area (Å²) in [7, 11) is 0. The molecule has 2 aromatic rings. The summed E-state index contributed by atoms with van der Waals surface area (Å²) in [6.45, 7) is -0.576. The number of hydrogen-bond donors (Lipinski definition) is 3. The number of aliphatic hydroxyl groups is 1. The van der Waals surface area contributed by atoms with Crippen molar-refractivity contribution >= 4 is 12.0 Å². The van der Waals surface area contributed by atoms with Crippen LogP contribution in [0.1, 0.15) is 11.1 Å². The molecule has 4 nitrogen and oxygen atoms in total. The standard InChI is InChI=1S/C20H21F3N2O2/c21-20(22,23)19(25-13-16-9-5-2-6-10-16)17(26)14-24-18(27)12-11-15-7-3-1-4-8-15/h1-12,17,19,25-26H,13-14H2,(H,24,27)/b12-11+/t17-,19+/m0/s1. The van der Waals surface area contributed by atoms with E-state index in [0.29, 0.717) is 5.56 Å². The van der Waals surface area contributed by atoms with Crippen LogP contribution in [-0.2, 0) is 11.3 Å². The number of rotatable bonds is 8. The van der Waals surface area contributed by atoms with Gasteiger partial charge in [0.2, 0.25) is 5.91 Å². The third-order valence-electron chi connectivity index (χ3n) is 3.82. The zero-order chi connectivity index (χ0) is 19.7. The van der Waals surface area contributed by atoms with Gasteiger partial charge in [-0.3, -0.25) is 10.1 Å². The molecule has 0 unspecified atom stereocenters. The molecule has 0 saturated heterocycles. The van der Waals surface area contributed by atoms with Gasteiger partial charge >= 0.3 is 6.18 Å². The van der Waals surface area contributed by atoms with Crippen LogP contribution in [0, 0.1) is 0 Å². The van der Waals surface area contributed by atoms with Crippen LogP contribution in [0.25, 0.3) is 6.08 Å². The molecule has 0 spiro atoms. The predicted molar refractivity (Wildman–Crippen MR) is 97.6 cm³/mol. The van der Waals surface area contributed by atoms with E-state index in [1.165, 1.54) is 12.2 Å². The first kappa shape index (κ1) is 20.7. The first-order valence-corrected chi connectivity index (χ1v) is 8.39. The Morgan fingerprint density at radius 1 is 1.04 bits per heavy atom. The molecule has 2 aromatic carbocycles. The van der Waals surface area contributed by atoms with Gasteiger partial charge in [0.15, 0.2) is 0 Å². The molecular formula is C20H21F3N2O2. The maximum atomic E-state index is 13.2. The van der Waals surface area contributed by atoms with Crippen LogP contribution in [-0.4, -0.2) is 35.9 Å². The molecule has 3 N–H and O–H groups in total. The number of carbonyl (C=O) groups is 1. The van der Waals surface area contributed by atoms with E-state index in [-0.39, 0.29) is 6.54 Å². The summed E-state index contributed by atoms with van der Waals surface area (Å²) in [5.74, 6) is -0.582. The van der Waals surface area contributed by atoms with Crippen molar-refractivity contribution < 1.29 is 23.1 Å². The van der Waals surface area contributed by atoms with E-state index in [2.05, 4.69) is 10.6 Å². The first-order valence-electron chi connectivity index (χ1n) is 8.39. The molecule has 1 amide bonds. The molecule has 0 fully saturated rings. The summed E-state index contributed by atoms with van der Waals surface area (Å²) in [5.41, 5.74) is 1.44. The molecule has 7 heteroatoms. The van der Waals surface area contributed by atoms with Crippen molar-refractivity contribution in [1.29, 1.82) is 0 Å². The van der Waals surface area contributed by atoms with Crippen LogP contribution in [0.4, 0.5) is 13.2 Å². The van der Waals surface area contributed by atoms with Crippen LogP contribution < -0.4 is 10.6 Å². The Morgan fingerprint density at radius 2 is 1.63 bits per heavy atom. The van der Waals surface area contributed by atoms with Gasteiger partial charge in [-0.15, -0.1) is 0 Å². The number of amides is 1. The Morgan fingerprint density at radius 3 is 2.22 bits per heavy atom. The molecule has 144 valence electrons. The third kappa shape index (κ3) is 7.24. The van der Waals surface area contributed by atoms with Crippen molar-refractivity contribution in [2.75, 3.05) is 6.54 Å². The average Bonchev–Trinajstić information content (AvgIpc) is 2.65. The molecule has 2 atom stereocenters. The number of benzene rings is 2. The lowest BCUT2D eigenvalue weighted by Gasteiger charge is -2.26. The van der Waals surface area contributed by atoms with Gasteiger partial charge in [-0.1, -0.05) is 60.7 Å². The quantitative estimate of drug-likeness (QED) is 0.619. The Hall–Kier alpha value is -2.64. The highest BCUT2D eigenvalue weighted by Crippen LogP contribution is 2.23. The Kier molecular flexibility index (Phi) is 7.57. The number of aliphatic hydroxyl groups excluding tert-OH is 1. The number of halogens is 3. The van der Waals surface area contributed by atoms with Gasteiger partial charge in [-0.2, -0.15) is 13.2 Å². The van der Waals surface area contributed by atoms with Crippen molar-refractivity contribution in [1.82, 2.24) is 10.6 Å². The molecule has 0 heterocycles. The lowest BCUT2D eigenvalue weighted by molar-refractivity contribution is -0.178. The van der Waals surface area contributed by atoms with Crippen molar-refractivity contribution in [3.8, 4) is 0 Å². The van der Waals surface area contributed by atoms with Crippen LogP contribution in [0.2, 0.25) is 0 Å². The summed E-state index contributed by atoms with van der Waals surface area (Å²) in [4.78, 5) is 11.8. The number of nitrogens with one attached hydrogen (secondary N) is 2. The van der Waals surface area contributed by atoms with Crippen LogP contribution in [0.15, 0.2) is 66.7 Å². The summed E-state index contributed by atoms with van der Waals surface area (Å²) in [5, 5.41) is 14.5. The van der Waals surface area contributed by atoms with Crippen LogP contribution in [0.3, 0.4) is 0 Å². The highest BCUT2D eigenvalue weighted by Gasteiger charge is 2.43. The van der Waals surface area contributed by atoms with E-state index in [0.717, 1.165) is 5.56 Å². The fraction of sp³-hybridized carbons (Fsp3) is 0.250. The minimum absolute atomic E-state index is 0.0517. The van der Waals surface area contributed by atoms with E-state index >= 15 is 0 Å². The normalized spacial score (nSPS) is 14.1. The zero-order valence-electron chi connectivity index (χ0n) is 14.5. The van der Waals surface area contributed by atoms with Crippen LogP contribution >= 0.6 is 0 Å². The Labute approximate surface area is 155 Å². The molecule has 2 rings (SSSR count). The maximum Gasteiger partial charge on any atom is 0.406 e. The second kappa shape index (κ2) is 9.89. The molecule has 0 radical (unpaired) electrons. The minimum Gasteiger partial charge on any atom is -0.389 e. The fourth-order valence-corrected chi connectivity index (χ4v) is 2.41. The summed E-state index contributed by atoms with van der Waals surface area (Å²) in [6.07, 6.45) is -3.72. The van der Waals surface area contributed by atoms with E-state index in [9.17, 15) is 23.1 Å². The van der Waals surface area contributed by atoms with E-state index in [1.54, 1.807) is 54.6 Å². The van der Waals surface area contributed by atoms with Crippen molar-refractivity contribution in [3.63, 3.8) is 0 Å². The summed E-state index contributed by atoms with van der Waals surface area (Å²) in [6, 6.07) is 15.4. The topological polar surface area (TPSA) is 61.4 Å². The maximum absolute atomic E-state index is 13.2. The molecule has 0 aromatic heterocycles. The van der Waals surface area contributed by atoms with Gasteiger partial charge in [-0.25, -0.2) is 0 Å². The molecule has 0 aliphatic rings. The molecule has 0 saturated carbocycles. The fourth-order valence-electron chi connectivity index (χ4n) is 2.41. The zero-order valence-corrected chi connectivity index (χ0v) is 14.5. The van der Waals surface area contributed by atoms with Gasteiger partial charge < -0.3 is 10.4 Å². The van der Waals surface area contributed by atoms with Crippen molar-refractivity contribution in [2.24, 2.45) is 0 Å². The molecule has 27 heavy (non-hydrogen) atoms. The van der Waals surface area contributed by atoms with Crippen LogP contribution in [0.5, 0.6) is 0 Å². The minimum atomic E-state index is -4.65. The van der Waals surface area contributed by atoms with Gasteiger partial charge in [0.25, 0.3) is 0 Å². The second-order valence-electron chi connectivity index (χ2n) is 5.94. The molecule has 0 aliphatic heterocycles. The van der Waals surface area contributed by atoms with E-state index in [1.807, 2.05) is 6.07 Å².